The van der Waals surface area contributed by atoms with Crippen molar-refractivity contribution in [1.82, 2.24) is 15.2 Å². The van der Waals surface area contributed by atoms with E-state index in [-0.39, 0.29) is 10.3 Å². The largest absolute Gasteiger partial charge is 0.462 e. The summed E-state index contributed by atoms with van der Waals surface area (Å²) in [4.78, 5) is 5.82. The summed E-state index contributed by atoms with van der Waals surface area (Å²) in [6, 6.07) is 3.72. The van der Waals surface area contributed by atoms with Crippen LogP contribution in [0.2, 0.25) is 0 Å². The minimum absolute atomic E-state index is 0.132. The van der Waals surface area contributed by atoms with Gasteiger partial charge in [-0.3, -0.25) is 0 Å². The van der Waals surface area contributed by atoms with Gasteiger partial charge in [-0.25, -0.2) is 10.1 Å². The smallest absolute Gasteiger partial charge is 0.284 e. The Morgan fingerprint density at radius 1 is 1.35 bits per heavy atom. The van der Waals surface area contributed by atoms with Gasteiger partial charge in [0.25, 0.3) is 10.7 Å². The Kier molecular flexibility index (Phi) is 3.10. The van der Waals surface area contributed by atoms with Crippen LogP contribution in [-0.2, 0) is 5.41 Å². The summed E-state index contributed by atoms with van der Waals surface area (Å²) < 4.78 is 10.8. The number of nitrogens with zero attached hydrogens (tertiary/aromatic N) is 2. The lowest BCUT2D eigenvalue weighted by atomic mass is 9.91. The molecule has 0 spiro atoms. The van der Waals surface area contributed by atoms with Crippen LogP contribution in [0.4, 0.5) is 0 Å². The Morgan fingerprint density at radius 3 is 2.70 bits per heavy atom. The summed E-state index contributed by atoms with van der Waals surface area (Å²) in [5.41, 5.74) is 0.784. The number of hydrogen-bond donors (Lipinski definition) is 1. The van der Waals surface area contributed by atoms with Crippen molar-refractivity contribution in [1.29, 1.82) is 0 Å². The van der Waals surface area contributed by atoms with Crippen molar-refractivity contribution in [2.24, 2.45) is 0 Å². The van der Waals surface area contributed by atoms with Gasteiger partial charge in [0.2, 0.25) is 0 Å². The molecule has 0 amide bonds. The SMILES string of the molecule is CC(C)(C)c1nc(-c2ccco2)sc1-c1n[nH]c(=S)o1. The normalized spacial score (nSPS) is 11.9. The van der Waals surface area contributed by atoms with E-state index >= 15 is 0 Å². The topological polar surface area (TPSA) is 67.8 Å². The molecule has 20 heavy (non-hydrogen) atoms. The van der Waals surface area contributed by atoms with Gasteiger partial charge in [0, 0.05) is 5.41 Å². The number of nitrogens with one attached hydrogen (secondary N) is 1. The monoisotopic (exact) mass is 307 g/mol. The van der Waals surface area contributed by atoms with Crippen molar-refractivity contribution in [3.8, 4) is 21.5 Å². The highest BCUT2D eigenvalue weighted by Crippen LogP contribution is 2.39. The molecule has 0 unspecified atom stereocenters. The molecule has 0 aliphatic heterocycles. The fourth-order valence-electron chi connectivity index (χ4n) is 1.81. The van der Waals surface area contributed by atoms with Crippen molar-refractivity contribution in [3.63, 3.8) is 0 Å². The third kappa shape index (κ3) is 2.34. The van der Waals surface area contributed by atoms with Crippen molar-refractivity contribution in [2.75, 3.05) is 0 Å². The molecule has 3 aromatic heterocycles. The summed E-state index contributed by atoms with van der Waals surface area (Å²) in [6.45, 7) is 6.29. The van der Waals surface area contributed by atoms with E-state index in [1.165, 1.54) is 11.3 Å². The molecule has 7 heteroatoms. The van der Waals surface area contributed by atoms with Crippen molar-refractivity contribution in [2.45, 2.75) is 26.2 Å². The zero-order valence-corrected chi connectivity index (χ0v) is 12.9. The van der Waals surface area contributed by atoms with Gasteiger partial charge >= 0.3 is 0 Å². The van der Waals surface area contributed by atoms with Crippen LogP contribution in [0.5, 0.6) is 0 Å². The average molecular weight is 307 g/mol. The molecule has 3 heterocycles. The first kappa shape index (κ1) is 13.3. The lowest BCUT2D eigenvalue weighted by Crippen LogP contribution is -2.13. The molecule has 0 fully saturated rings. The minimum Gasteiger partial charge on any atom is -0.462 e. The lowest BCUT2D eigenvalue weighted by molar-refractivity contribution is 0.541. The van der Waals surface area contributed by atoms with E-state index < -0.39 is 0 Å². The number of H-pyrrole nitrogens is 1. The Bertz CT molecular complexity index is 775. The molecular formula is C13H13N3O2S2. The molecule has 0 aliphatic rings. The van der Waals surface area contributed by atoms with Gasteiger partial charge in [-0.2, -0.15) is 0 Å². The Labute approximate surface area is 124 Å². The molecule has 5 nitrogen and oxygen atoms in total. The predicted molar refractivity (Wildman–Crippen MR) is 79.2 cm³/mol. The van der Waals surface area contributed by atoms with Crippen molar-refractivity contribution in [3.05, 3.63) is 28.9 Å². The molecule has 0 aliphatic carbocycles. The second-order valence-corrected chi connectivity index (χ2v) is 6.71. The molecular weight excluding hydrogens is 294 g/mol. The van der Waals surface area contributed by atoms with Crippen LogP contribution in [0.25, 0.3) is 21.5 Å². The number of hydrogen-bond acceptors (Lipinski definition) is 6. The molecule has 0 saturated heterocycles. The molecule has 104 valence electrons. The fraction of sp³-hybridized carbons (Fsp3) is 0.308. The van der Waals surface area contributed by atoms with Crippen LogP contribution >= 0.6 is 23.6 Å². The number of rotatable bonds is 2. The minimum atomic E-state index is -0.132. The van der Waals surface area contributed by atoms with Gasteiger partial charge in [0.05, 0.1) is 12.0 Å². The average Bonchev–Trinajstić information content (AvgIpc) is 3.06. The van der Waals surface area contributed by atoms with Crippen LogP contribution in [0.1, 0.15) is 26.5 Å². The standard InChI is InChI=1S/C13H13N3O2S2/c1-13(2,3)9-8(10-15-16-12(19)18-10)20-11(14-9)7-5-4-6-17-7/h4-6H,1-3H3,(H,16,19). The third-order valence-electron chi connectivity index (χ3n) is 2.70. The zero-order chi connectivity index (χ0) is 14.3. The van der Waals surface area contributed by atoms with Gasteiger partial charge in [-0.1, -0.05) is 20.8 Å². The Balaban J connectivity index is 2.19. The van der Waals surface area contributed by atoms with Crippen molar-refractivity contribution < 1.29 is 8.83 Å². The predicted octanol–water partition coefficient (Wildman–Crippen LogP) is 4.41. The highest BCUT2D eigenvalue weighted by atomic mass is 32.1. The number of furan rings is 1. The van der Waals surface area contributed by atoms with E-state index in [4.69, 9.17) is 21.1 Å². The van der Waals surface area contributed by atoms with E-state index in [1.54, 1.807) is 6.26 Å². The number of thiazole rings is 1. The summed E-state index contributed by atoms with van der Waals surface area (Å²) in [7, 11) is 0. The molecule has 0 saturated carbocycles. The van der Waals surface area contributed by atoms with Gasteiger partial charge in [0.1, 0.15) is 4.88 Å². The van der Waals surface area contributed by atoms with E-state index in [9.17, 15) is 0 Å². The van der Waals surface area contributed by atoms with E-state index in [2.05, 4.69) is 36.0 Å². The maximum atomic E-state index is 5.42. The van der Waals surface area contributed by atoms with Crippen LogP contribution in [0, 0.1) is 4.84 Å². The number of aromatic amines is 1. The molecule has 3 rings (SSSR count). The van der Waals surface area contributed by atoms with E-state index in [0.29, 0.717) is 5.89 Å². The zero-order valence-electron chi connectivity index (χ0n) is 11.3. The van der Waals surface area contributed by atoms with Gasteiger partial charge < -0.3 is 8.83 Å². The molecule has 0 atom stereocenters. The first-order valence-corrected chi connectivity index (χ1v) is 7.28. The maximum Gasteiger partial charge on any atom is 0.284 e. The Morgan fingerprint density at radius 2 is 2.15 bits per heavy atom. The van der Waals surface area contributed by atoms with Crippen LogP contribution < -0.4 is 0 Å². The van der Waals surface area contributed by atoms with Gasteiger partial charge in [-0.15, -0.1) is 16.4 Å². The quantitative estimate of drug-likeness (QED) is 0.710. The molecule has 1 N–H and O–H groups in total. The summed E-state index contributed by atoms with van der Waals surface area (Å²) in [5.74, 6) is 1.20. The Hall–Kier alpha value is -1.73. The van der Waals surface area contributed by atoms with Gasteiger partial charge in [-0.05, 0) is 24.4 Å². The van der Waals surface area contributed by atoms with Crippen molar-refractivity contribution >= 4 is 23.6 Å². The molecule has 0 radical (unpaired) electrons. The first-order valence-electron chi connectivity index (χ1n) is 6.06. The fourth-order valence-corrected chi connectivity index (χ4v) is 3.10. The highest BCUT2D eigenvalue weighted by molar-refractivity contribution is 7.71. The number of aromatic nitrogens is 3. The molecule has 0 aromatic carbocycles. The third-order valence-corrected chi connectivity index (χ3v) is 3.93. The summed E-state index contributed by atoms with van der Waals surface area (Å²) >= 11 is 6.42. The second-order valence-electron chi connectivity index (χ2n) is 5.34. The molecule has 0 bridgehead atoms. The highest BCUT2D eigenvalue weighted by Gasteiger charge is 2.27. The van der Waals surface area contributed by atoms with Crippen LogP contribution in [-0.4, -0.2) is 15.2 Å². The second kappa shape index (κ2) is 4.68. The van der Waals surface area contributed by atoms with Gasteiger partial charge in [0.15, 0.2) is 10.8 Å². The van der Waals surface area contributed by atoms with E-state index in [0.717, 1.165) is 21.3 Å². The lowest BCUT2D eigenvalue weighted by Gasteiger charge is -2.16. The summed E-state index contributed by atoms with van der Waals surface area (Å²) in [5, 5.41) is 7.55. The summed E-state index contributed by atoms with van der Waals surface area (Å²) in [6.07, 6.45) is 1.63. The van der Waals surface area contributed by atoms with Crippen LogP contribution in [0.15, 0.2) is 27.2 Å². The van der Waals surface area contributed by atoms with E-state index in [1.807, 2.05) is 12.1 Å². The maximum absolute atomic E-state index is 5.42. The molecule has 3 aromatic rings. The first-order chi connectivity index (χ1) is 9.45. The van der Waals surface area contributed by atoms with Crippen LogP contribution in [0.3, 0.4) is 0 Å².